The van der Waals surface area contributed by atoms with Gasteiger partial charge < -0.3 is 14.3 Å². The standard InChI is InChI=1S/C18H31NO6/c1-4-18(12-8-7-9-13-18)16(21)25-19(17(22)24-6-3)14-10-11-15(20)23-5-2/h4-14H2,1-3H3. The Kier molecular flexibility index (Phi) is 9.31. The Balaban J connectivity index is 2.66. The maximum atomic E-state index is 12.7. The van der Waals surface area contributed by atoms with Crippen molar-refractivity contribution in [2.45, 2.75) is 72.1 Å². The van der Waals surface area contributed by atoms with Crippen molar-refractivity contribution in [3.05, 3.63) is 0 Å². The molecule has 1 fully saturated rings. The van der Waals surface area contributed by atoms with Crippen molar-refractivity contribution >= 4 is 18.0 Å². The molecule has 0 N–H and O–H groups in total. The molecule has 0 atom stereocenters. The number of rotatable bonds is 8. The van der Waals surface area contributed by atoms with E-state index in [0.29, 0.717) is 19.4 Å². The van der Waals surface area contributed by atoms with Crippen molar-refractivity contribution in [1.29, 1.82) is 0 Å². The van der Waals surface area contributed by atoms with Crippen LogP contribution in [-0.4, -0.2) is 42.9 Å². The van der Waals surface area contributed by atoms with E-state index >= 15 is 0 Å². The topological polar surface area (TPSA) is 82.1 Å². The second-order valence-electron chi connectivity index (χ2n) is 6.28. The lowest BCUT2D eigenvalue weighted by atomic mass is 9.72. The van der Waals surface area contributed by atoms with E-state index in [2.05, 4.69) is 0 Å². The van der Waals surface area contributed by atoms with Crippen LogP contribution < -0.4 is 0 Å². The zero-order valence-electron chi connectivity index (χ0n) is 15.7. The predicted molar refractivity (Wildman–Crippen MR) is 91.5 cm³/mol. The minimum Gasteiger partial charge on any atom is -0.466 e. The maximum absolute atomic E-state index is 12.7. The van der Waals surface area contributed by atoms with E-state index in [1.54, 1.807) is 13.8 Å². The summed E-state index contributed by atoms with van der Waals surface area (Å²) in [7, 11) is 0. The number of nitrogens with zero attached hydrogens (tertiary/aromatic N) is 1. The third kappa shape index (κ3) is 6.55. The van der Waals surface area contributed by atoms with E-state index in [1.165, 1.54) is 0 Å². The number of hydrogen-bond donors (Lipinski definition) is 0. The Bertz CT molecular complexity index is 445. The molecule has 7 nitrogen and oxygen atoms in total. The number of amides is 1. The van der Waals surface area contributed by atoms with E-state index in [-0.39, 0.29) is 31.5 Å². The van der Waals surface area contributed by atoms with Crippen LogP contribution in [0.4, 0.5) is 4.79 Å². The van der Waals surface area contributed by atoms with Gasteiger partial charge in [0.05, 0.1) is 25.2 Å². The van der Waals surface area contributed by atoms with Crippen molar-refractivity contribution in [2.24, 2.45) is 5.41 Å². The van der Waals surface area contributed by atoms with Crippen molar-refractivity contribution in [3.8, 4) is 0 Å². The van der Waals surface area contributed by atoms with Gasteiger partial charge in [-0.1, -0.05) is 26.2 Å². The molecule has 7 heteroatoms. The van der Waals surface area contributed by atoms with Crippen molar-refractivity contribution in [1.82, 2.24) is 5.06 Å². The average Bonchev–Trinajstić information content (AvgIpc) is 2.61. The first-order chi connectivity index (χ1) is 12.0. The lowest BCUT2D eigenvalue weighted by Gasteiger charge is -2.35. The van der Waals surface area contributed by atoms with Gasteiger partial charge in [-0.3, -0.25) is 4.79 Å². The molecule has 0 unspecified atom stereocenters. The normalized spacial score (nSPS) is 16.0. The molecule has 1 saturated carbocycles. The molecular weight excluding hydrogens is 326 g/mol. The van der Waals surface area contributed by atoms with Crippen molar-refractivity contribution in [3.63, 3.8) is 0 Å². The number of carbonyl (C=O) groups is 3. The first-order valence-electron chi connectivity index (χ1n) is 9.31. The molecule has 0 aromatic heterocycles. The Labute approximate surface area is 149 Å². The second kappa shape index (κ2) is 10.9. The summed E-state index contributed by atoms with van der Waals surface area (Å²) in [5.74, 6) is -0.714. The average molecular weight is 357 g/mol. The van der Waals surface area contributed by atoms with E-state index < -0.39 is 11.5 Å². The number of esters is 1. The van der Waals surface area contributed by atoms with E-state index in [1.807, 2.05) is 6.92 Å². The minimum absolute atomic E-state index is 0.100. The number of hydrogen-bond acceptors (Lipinski definition) is 6. The van der Waals surface area contributed by atoms with Crippen LogP contribution in [0.1, 0.15) is 72.1 Å². The molecule has 0 bridgehead atoms. The first kappa shape index (κ1) is 21.3. The predicted octanol–water partition coefficient (Wildman–Crippen LogP) is 3.61. The highest BCUT2D eigenvalue weighted by Gasteiger charge is 2.41. The number of ether oxygens (including phenoxy) is 2. The molecule has 25 heavy (non-hydrogen) atoms. The summed E-state index contributed by atoms with van der Waals surface area (Å²) in [4.78, 5) is 41.6. The molecule has 0 saturated heterocycles. The van der Waals surface area contributed by atoms with E-state index in [4.69, 9.17) is 14.3 Å². The SMILES string of the molecule is CCOC(=O)CCCN(OC(=O)C1(CC)CCCCC1)C(=O)OCC. The molecule has 0 aliphatic heterocycles. The molecule has 0 radical (unpaired) electrons. The van der Waals surface area contributed by atoms with Gasteiger partial charge in [-0.05, 0) is 39.5 Å². The quantitative estimate of drug-likeness (QED) is 0.487. The van der Waals surface area contributed by atoms with E-state index in [0.717, 1.165) is 37.2 Å². The zero-order valence-corrected chi connectivity index (χ0v) is 15.7. The van der Waals surface area contributed by atoms with Crippen LogP contribution in [0.3, 0.4) is 0 Å². The van der Waals surface area contributed by atoms with Crippen LogP contribution in [0.5, 0.6) is 0 Å². The summed E-state index contributed by atoms with van der Waals surface area (Å²) in [6, 6.07) is 0. The number of carbonyl (C=O) groups excluding carboxylic acids is 3. The van der Waals surface area contributed by atoms with Gasteiger partial charge in [0.2, 0.25) is 0 Å². The van der Waals surface area contributed by atoms with Crippen LogP contribution in [0.15, 0.2) is 0 Å². The highest BCUT2D eigenvalue weighted by atomic mass is 16.8. The second-order valence-corrected chi connectivity index (χ2v) is 6.28. The maximum Gasteiger partial charge on any atom is 0.443 e. The van der Waals surface area contributed by atoms with Crippen LogP contribution in [0.2, 0.25) is 0 Å². The molecule has 0 spiro atoms. The Morgan fingerprint density at radius 1 is 0.960 bits per heavy atom. The third-order valence-corrected chi connectivity index (χ3v) is 4.63. The van der Waals surface area contributed by atoms with Gasteiger partial charge >= 0.3 is 18.0 Å². The molecule has 1 aliphatic rings. The number of hydroxylamine groups is 2. The Morgan fingerprint density at radius 2 is 1.60 bits per heavy atom. The van der Waals surface area contributed by atoms with Crippen molar-refractivity contribution < 1.29 is 28.7 Å². The minimum atomic E-state index is -0.707. The highest BCUT2D eigenvalue weighted by molar-refractivity contribution is 5.78. The molecule has 144 valence electrons. The first-order valence-corrected chi connectivity index (χ1v) is 9.31. The molecular formula is C18H31NO6. The molecule has 1 aliphatic carbocycles. The van der Waals surface area contributed by atoms with Gasteiger partial charge in [-0.2, -0.15) is 0 Å². The fourth-order valence-corrected chi connectivity index (χ4v) is 3.10. The summed E-state index contributed by atoms with van der Waals surface area (Å²) in [5.41, 5.74) is -0.524. The summed E-state index contributed by atoms with van der Waals surface area (Å²) in [6.07, 6.45) is 5.13. The molecule has 0 aromatic rings. The van der Waals surface area contributed by atoms with E-state index in [9.17, 15) is 14.4 Å². The fraction of sp³-hybridized carbons (Fsp3) is 0.833. The largest absolute Gasteiger partial charge is 0.466 e. The smallest absolute Gasteiger partial charge is 0.443 e. The zero-order chi connectivity index (χ0) is 18.7. The van der Waals surface area contributed by atoms with Gasteiger partial charge in [0.1, 0.15) is 0 Å². The van der Waals surface area contributed by atoms with Crippen molar-refractivity contribution in [2.75, 3.05) is 19.8 Å². The van der Waals surface area contributed by atoms with Crippen LogP contribution >= 0.6 is 0 Å². The monoisotopic (exact) mass is 357 g/mol. The van der Waals surface area contributed by atoms with Crippen LogP contribution in [-0.2, 0) is 23.9 Å². The third-order valence-electron chi connectivity index (χ3n) is 4.63. The van der Waals surface area contributed by atoms with Gasteiger partial charge in [0, 0.05) is 6.42 Å². The summed E-state index contributed by atoms with van der Waals surface area (Å²) < 4.78 is 9.82. The summed E-state index contributed by atoms with van der Waals surface area (Å²) >= 11 is 0. The van der Waals surface area contributed by atoms with Crippen LogP contribution in [0, 0.1) is 5.41 Å². The summed E-state index contributed by atoms with van der Waals surface area (Å²) in [6.45, 7) is 5.99. The fourth-order valence-electron chi connectivity index (χ4n) is 3.10. The lowest BCUT2D eigenvalue weighted by molar-refractivity contribution is -0.197. The molecule has 1 amide bonds. The lowest BCUT2D eigenvalue weighted by Crippen LogP contribution is -2.42. The van der Waals surface area contributed by atoms with Gasteiger partial charge in [-0.25, -0.2) is 9.59 Å². The molecule has 0 aromatic carbocycles. The van der Waals surface area contributed by atoms with Crippen LogP contribution in [0.25, 0.3) is 0 Å². The highest BCUT2D eigenvalue weighted by Crippen LogP contribution is 2.40. The van der Waals surface area contributed by atoms with Gasteiger partial charge in [0.25, 0.3) is 0 Å². The summed E-state index contributed by atoms with van der Waals surface area (Å²) in [5, 5.41) is 0.942. The Morgan fingerprint density at radius 3 is 2.16 bits per heavy atom. The molecule has 0 heterocycles. The molecule has 1 rings (SSSR count). The van der Waals surface area contributed by atoms with Gasteiger partial charge in [-0.15, -0.1) is 5.06 Å². The van der Waals surface area contributed by atoms with Gasteiger partial charge in [0.15, 0.2) is 0 Å². The Hall–Kier alpha value is -1.79.